The summed E-state index contributed by atoms with van der Waals surface area (Å²) in [5.41, 5.74) is 0. The molecule has 11 nitrogen and oxygen atoms in total. The summed E-state index contributed by atoms with van der Waals surface area (Å²) in [4.78, 5) is 59.6. The molecule has 0 unspecified atom stereocenters. The van der Waals surface area contributed by atoms with E-state index < -0.39 is 54.5 Å². The monoisotopic (exact) mass is 633 g/mol. The minimum absolute atomic E-state index is 0. The summed E-state index contributed by atoms with van der Waals surface area (Å²) in [6, 6.07) is -1.03. The summed E-state index contributed by atoms with van der Waals surface area (Å²) in [5.74, 6) is -1.32. The van der Waals surface area contributed by atoms with Crippen molar-refractivity contribution in [2.24, 2.45) is 0 Å². The topological polar surface area (TPSA) is 144 Å². The Bertz CT molecular complexity index is 842. The second kappa shape index (κ2) is 20.3. The molecule has 1 N–H and O–H groups in total. The van der Waals surface area contributed by atoms with E-state index >= 15 is 0 Å². The van der Waals surface area contributed by atoms with Crippen molar-refractivity contribution in [2.45, 2.75) is 57.8 Å². The molecule has 0 bridgehead atoms. The summed E-state index contributed by atoms with van der Waals surface area (Å²) in [6.45, 7) is 3.24. The molecular weight excluding hydrogens is 598 g/mol. The number of ether oxygens (including phenoxy) is 5. The van der Waals surface area contributed by atoms with Crippen LogP contribution in [0.15, 0.2) is 0 Å². The average Bonchev–Trinajstić information content (AvgIpc) is 3.64. The molecule has 3 fully saturated rings. The third kappa shape index (κ3) is 13.9. The Morgan fingerprint density at radius 2 is 1.41 bits per heavy atom. The van der Waals surface area contributed by atoms with Crippen LogP contribution in [0.5, 0.6) is 0 Å². The van der Waals surface area contributed by atoms with Gasteiger partial charge in [0.05, 0.1) is 5.75 Å². The van der Waals surface area contributed by atoms with Crippen molar-refractivity contribution in [1.29, 1.82) is 0 Å². The zero-order chi connectivity index (χ0) is 29.5. The van der Waals surface area contributed by atoms with Gasteiger partial charge in [-0.1, -0.05) is 0 Å². The standard InChI is InChI=1S/C23H30NO10S.C5H5.Fe/c1-13(25)31-11-18-21(32-14(2)26)22(33-15(3)27)20(23(30-4)34-18)24-19(29)12-35-10-9-17(28)16-7-5-6-8-16;1-2-4-5-3-1;/h5-8,18,20-23H,9-12H2,1-4H3,(H,24,29);1-5H;/q;;+2/t18-,20-,21-,22-,23+;;/m1../s1. The minimum atomic E-state index is -1.18. The number of rotatable bonds is 12. The largest absolute Gasteiger partial charge is 2.00 e. The van der Waals surface area contributed by atoms with E-state index in [-0.39, 0.29) is 41.6 Å². The third-order valence-electron chi connectivity index (χ3n) is 5.51. The average molecular weight is 633 g/mol. The number of carbonyl (C=O) groups excluding carboxylic acids is 5. The number of nitrogens with one attached hydrogen (secondary N) is 1. The van der Waals surface area contributed by atoms with Crippen LogP contribution in [0.4, 0.5) is 0 Å². The molecule has 41 heavy (non-hydrogen) atoms. The first-order valence-corrected chi connectivity index (χ1v) is 13.7. The number of esters is 3. The molecule has 5 atom stereocenters. The van der Waals surface area contributed by atoms with Crippen LogP contribution in [0.3, 0.4) is 0 Å². The van der Waals surface area contributed by atoms with E-state index in [1.54, 1.807) is 25.7 Å². The smallest absolute Gasteiger partial charge is 0.463 e. The Hall–Kier alpha value is -1.66. The predicted molar refractivity (Wildman–Crippen MR) is 144 cm³/mol. The van der Waals surface area contributed by atoms with Gasteiger partial charge in [0.25, 0.3) is 0 Å². The Balaban J connectivity index is 0.00000126. The van der Waals surface area contributed by atoms with Crippen molar-refractivity contribution in [2.75, 3.05) is 25.2 Å². The number of thioether (sulfide) groups is 1. The molecule has 1 amide bonds. The minimum Gasteiger partial charge on any atom is -0.463 e. The van der Waals surface area contributed by atoms with Gasteiger partial charge < -0.3 is 29.0 Å². The van der Waals surface area contributed by atoms with E-state index in [9.17, 15) is 24.0 Å². The molecular formula is C28H35FeNO10S+2. The number of ketones is 1. The zero-order valence-electron chi connectivity index (χ0n) is 23.3. The van der Waals surface area contributed by atoms with Crippen molar-refractivity contribution >= 4 is 41.4 Å². The maximum Gasteiger partial charge on any atom is 2.00 e. The predicted octanol–water partition coefficient (Wildman–Crippen LogP) is 1.39. The third-order valence-corrected chi connectivity index (χ3v) is 6.47. The summed E-state index contributed by atoms with van der Waals surface area (Å²) in [6.07, 6.45) is 12.8. The van der Waals surface area contributed by atoms with Gasteiger partial charge in [-0.05, 0) is 57.8 Å². The van der Waals surface area contributed by atoms with E-state index in [1.165, 1.54) is 32.7 Å². The molecule has 3 rings (SSSR count). The molecule has 2 aliphatic carbocycles. The van der Waals surface area contributed by atoms with E-state index in [0.717, 1.165) is 6.92 Å². The maximum atomic E-state index is 12.7. The van der Waals surface area contributed by atoms with E-state index in [4.69, 9.17) is 23.7 Å². The van der Waals surface area contributed by atoms with Crippen LogP contribution in [-0.2, 0) is 64.7 Å². The summed E-state index contributed by atoms with van der Waals surface area (Å²) in [7, 11) is 1.33. The molecule has 1 saturated heterocycles. The summed E-state index contributed by atoms with van der Waals surface area (Å²) >= 11 is 1.26. The molecule has 1 heterocycles. The van der Waals surface area contributed by atoms with Crippen molar-refractivity contribution in [1.82, 2.24) is 5.32 Å². The summed E-state index contributed by atoms with van der Waals surface area (Å²) in [5, 5.41) is 2.71. The fourth-order valence-electron chi connectivity index (χ4n) is 3.84. The van der Waals surface area contributed by atoms with Gasteiger partial charge in [-0.2, -0.15) is 11.8 Å². The molecule has 13 heteroatoms. The SMILES string of the molecule is CO[C@H]1O[C@H](COC(C)=O)[C@@H](OC(C)=O)[C@H](OC(C)=O)[C@H]1NC(=O)CSCCC(=O)[C]1[CH][CH][CH][CH]1.[CH]1[CH][CH][CH][CH]1.[Fe+2]. The second-order valence-corrected chi connectivity index (χ2v) is 9.79. The number of Topliss-reactive ketones (excluding diaryl/α,β-unsaturated/α-hetero) is 1. The second-order valence-electron chi connectivity index (χ2n) is 8.68. The number of hydrogen-bond acceptors (Lipinski definition) is 11. The Morgan fingerprint density at radius 1 is 0.854 bits per heavy atom. The van der Waals surface area contributed by atoms with Crippen molar-refractivity contribution in [3.8, 4) is 0 Å². The number of amides is 1. The van der Waals surface area contributed by atoms with E-state index in [2.05, 4.69) is 5.32 Å². The van der Waals surface area contributed by atoms with Gasteiger partial charge in [0.15, 0.2) is 18.5 Å². The van der Waals surface area contributed by atoms with Gasteiger partial charge in [0.1, 0.15) is 24.5 Å². The van der Waals surface area contributed by atoms with Gasteiger partial charge in [-0.15, -0.1) is 0 Å². The fraction of sp³-hybridized carbons (Fsp3) is 0.464. The molecule has 0 spiro atoms. The fourth-order valence-corrected chi connectivity index (χ4v) is 4.58. The van der Waals surface area contributed by atoms with Crippen LogP contribution in [-0.4, -0.2) is 85.5 Å². The first kappa shape index (κ1) is 37.4. The first-order valence-electron chi connectivity index (χ1n) is 12.6. The summed E-state index contributed by atoms with van der Waals surface area (Å²) < 4.78 is 26.9. The Labute approximate surface area is 257 Å². The molecule has 224 valence electrons. The Morgan fingerprint density at radius 3 is 1.93 bits per heavy atom. The number of hydrogen-bond donors (Lipinski definition) is 1. The first-order chi connectivity index (χ1) is 19.1. The Kier molecular flexibility index (Phi) is 18.5. The quantitative estimate of drug-likeness (QED) is 0.144. The maximum absolute atomic E-state index is 12.7. The number of methoxy groups -OCH3 is 1. The van der Waals surface area contributed by atoms with Crippen LogP contribution < -0.4 is 5.32 Å². The molecule has 0 aromatic rings. The molecule has 2 saturated carbocycles. The van der Waals surface area contributed by atoms with E-state index in [0.29, 0.717) is 11.7 Å². The van der Waals surface area contributed by atoms with Crippen LogP contribution in [0.2, 0.25) is 0 Å². The van der Waals surface area contributed by atoms with Crippen LogP contribution in [0, 0.1) is 63.7 Å². The van der Waals surface area contributed by atoms with Crippen LogP contribution in [0.25, 0.3) is 0 Å². The van der Waals surface area contributed by atoms with Gasteiger partial charge in [-0.25, -0.2) is 0 Å². The normalized spacial score (nSPS) is 25.6. The van der Waals surface area contributed by atoms with Crippen LogP contribution >= 0.6 is 11.8 Å². The van der Waals surface area contributed by atoms with Crippen molar-refractivity contribution < 1.29 is 64.7 Å². The molecule has 10 radical (unpaired) electrons. The van der Waals surface area contributed by atoms with Crippen molar-refractivity contribution in [3.63, 3.8) is 0 Å². The zero-order valence-corrected chi connectivity index (χ0v) is 25.2. The van der Waals surface area contributed by atoms with Gasteiger partial charge in [0, 0.05) is 46.0 Å². The van der Waals surface area contributed by atoms with Crippen LogP contribution in [0.1, 0.15) is 27.2 Å². The van der Waals surface area contributed by atoms with E-state index in [1.807, 2.05) is 32.1 Å². The number of carbonyl (C=O) groups is 5. The molecule has 0 aromatic heterocycles. The van der Waals surface area contributed by atoms with Crippen molar-refractivity contribution in [3.05, 3.63) is 63.7 Å². The van der Waals surface area contributed by atoms with Gasteiger partial charge in [0.2, 0.25) is 5.91 Å². The van der Waals surface area contributed by atoms with Gasteiger partial charge in [-0.3, -0.25) is 24.0 Å². The molecule has 1 aliphatic heterocycles. The van der Waals surface area contributed by atoms with Gasteiger partial charge >= 0.3 is 35.0 Å². The molecule has 0 aromatic carbocycles. The molecule has 3 aliphatic rings.